The van der Waals surface area contributed by atoms with Crippen molar-refractivity contribution in [2.45, 2.75) is 24.9 Å². The predicted octanol–water partition coefficient (Wildman–Crippen LogP) is 1.60. The maximum atomic E-state index is 13.5. The van der Waals surface area contributed by atoms with E-state index in [-0.39, 0.29) is 50.7 Å². The van der Waals surface area contributed by atoms with E-state index >= 15 is 0 Å². The van der Waals surface area contributed by atoms with Gasteiger partial charge in [0.25, 0.3) is 0 Å². The van der Waals surface area contributed by atoms with Crippen molar-refractivity contribution < 1.29 is 19.2 Å². The molecule has 3 amide bonds. The minimum atomic E-state index is -1.20. The molecule has 0 spiro atoms. The van der Waals surface area contributed by atoms with Gasteiger partial charge in [0.1, 0.15) is 6.04 Å². The Morgan fingerprint density at radius 1 is 0.795 bits per heavy atom. The average molecular weight is 596 g/mol. The van der Waals surface area contributed by atoms with Gasteiger partial charge >= 0.3 is 0 Å². The van der Waals surface area contributed by atoms with Gasteiger partial charge in [0.05, 0.1) is 29.9 Å². The summed E-state index contributed by atoms with van der Waals surface area (Å²) in [7, 11) is 0. The maximum absolute atomic E-state index is 13.5. The number of rotatable bonds is 14. The Bertz CT molecular complexity index is 1590. The second-order valence-corrected chi connectivity index (χ2v) is 10.3. The summed E-state index contributed by atoms with van der Waals surface area (Å²) in [6.07, 6.45) is 1.37. The van der Waals surface area contributed by atoms with E-state index in [1.165, 1.54) is 11.1 Å². The third-order valence-electron chi connectivity index (χ3n) is 7.06. The van der Waals surface area contributed by atoms with Crippen LogP contribution in [-0.2, 0) is 20.8 Å². The van der Waals surface area contributed by atoms with Crippen LogP contribution < -0.4 is 27.8 Å². The van der Waals surface area contributed by atoms with Crippen LogP contribution in [0.2, 0.25) is 0 Å². The van der Waals surface area contributed by atoms with Gasteiger partial charge in [-0.1, -0.05) is 72.8 Å². The first kappa shape index (κ1) is 32.0. The summed E-state index contributed by atoms with van der Waals surface area (Å²) >= 11 is 0. The molecule has 11 heteroatoms. The van der Waals surface area contributed by atoms with Gasteiger partial charge in [-0.3, -0.25) is 24.2 Å². The number of anilines is 1. The SMILES string of the molecule is NCCN(CCN)C(=O)CC(N)C(=O)NC(Cc1ccc(C(=O)c2ccccc2)cc1)C(=O)Nc1cnc2ccccc2c1. The summed E-state index contributed by atoms with van der Waals surface area (Å²) in [6, 6.07) is 22.8. The standard InChI is InChI=1S/C33H37N7O4/c34-14-16-40(17-15-35)30(41)20-27(36)32(43)39-29(33(44)38-26-19-25-8-4-5-9-28(25)37-21-26)18-22-10-12-24(13-11-22)31(42)23-6-2-1-3-7-23/h1-13,19,21,27,29H,14-18,20,34-36H2,(H,38,44)(H,39,43). The molecule has 3 aromatic carbocycles. The van der Waals surface area contributed by atoms with E-state index in [2.05, 4.69) is 15.6 Å². The van der Waals surface area contributed by atoms with E-state index < -0.39 is 23.9 Å². The lowest BCUT2D eigenvalue weighted by Crippen LogP contribution is -2.52. The van der Waals surface area contributed by atoms with Crippen LogP contribution in [0.1, 0.15) is 27.9 Å². The van der Waals surface area contributed by atoms with Crippen molar-refractivity contribution in [3.05, 3.63) is 108 Å². The van der Waals surface area contributed by atoms with Gasteiger partial charge in [-0.15, -0.1) is 0 Å². The molecule has 2 unspecified atom stereocenters. The molecular weight excluding hydrogens is 558 g/mol. The number of nitrogens with two attached hydrogens (primary N) is 3. The van der Waals surface area contributed by atoms with E-state index in [1.54, 1.807) is 54.6 Å². The lowest BCUT2D eigenvalue weighted by Gasteiger charge is -2.24. The number of carbonyl (C=O) groups excluding carboxylic acids is 4. The van der Waals surface area contributed by atoms with Crippen LogP contribution in [0, 0.1) is 0 Å². The molecule has 0 saturated carbocycles. The minimum Gasteiger partial charge on any atom is -0.343 e. The number of hydrogen-bond donors (Lipinski definition) is 5. The molecule has 4 rings (SSSR count). The number of amides is 3. The van der Waals surface area contributed by atoms with Crippen molar-refractivity contribution in [2.75, 3.05) is 31.5 Å². The highest BCUT2D eigenvalue weighted by Gasteiger charge is 2.27. The first-order valence-corrected chi connectivity index (χ1v) is 14.4. The first-order valence-electron chi connectivity index (χ1n) is 14.4. The summed E-state index contributed by atoms with van der Waals surface area (Å²) in [4.78, 5) is 58.1. The highest BCUT2D eigenvalue weighted by Crippen LogP contribution is 2.17. The zero-order valence-corrected chi connectivity index (χ0v) is 24.3. The Balaban J connectivity index is 1.51. The summed E-state index contributed by atoms with van der Waals surface area (Å²) in [5, 5.41) is 6.38. The van der Waals surface area contributed by atoms with Gasteiger partial charge < -0.3 is 32.7 Å². The van der Waals surface area contributed by atoms with Gasteiger partial charge in [0, 0.05) is 49.1 Å². The Morgan fingerprint density at radius 3 is 2.11 bits per heavy atom. The normalized spacial score (nSPS) is 12.2. The molecule has 2 atom stereocenters. The molecule has 0 bridgehead atoms. The van der Waals surface area contributed by atoms with Crippen LogP contribution in [0.15, 0.2) is 91.1 Å². The molecule has 1 aromatic heterocycles. The number of nitrogens with one attached hydrogen (secondary N) is 2. The molecular formula is C33H37N7O4. The summed E-state index contributed by atoms with van der Waals surface area (Å²) in [5.41, 5.74) is 20.3. The Kier molecular flexibility index (Phi) is 11.2. The number of fused-ring (bicyclic) bond motifs is 1. The molecule has 0 fully saturated rings. The number of nitrogens with zero attached hydrogens (tertiary/aromatic N) is 2. The minimum absolute atomic E-state index is 0.103. The van der Waals surface area contributed by atoms with Crippen molar-refractivity contribution in [2.24, 2.45) is 17.2 Å². The number of pyridine rings is 1. The van der Waals surface area contributed by atoms with E-state index in [0.717, 1.165) is 10.9 Å². The molecule has 0 aliphatic carbocycles. The monoisotopic (exact) mass is 595 g/mol. The molecule has 0 radical (unpaired) electrons. The van der Waals surface area contributed by atoms with Crippen molar-refractivity contribution in [1.29, 1.82) is 0 Å². The molecule has 44 heavy (non-hydrogen) atoms. The zero-order valence-electron chi connectivity index (χ0n) is 24.3. The maximum Gasteiger partial charge on any atom is 0.247 e. The van der Waals surface area contributed by atoms with E-state index in [9.17, 15) is 19.2 Å². The van der Waals surface area contributed by atoms with Crippen LogP contribution in [0.5, 0.6) is 0 Å². The summed E-state index contributed by atoms with van der Waals surface area (Å²) < 4.78 is 0. The largest absolute Gasteiger partial charge is 0.343 e. The first-order chi connectivity index (χ1) is 21.3. The van der Waals surface area contributed by atoms with Crippen LogP contribution >= 0.6 is 0 Å². The van der Waals surface area contributed by atoms with Gasteiger partial charge in [0.2, 0.25) is 17.7 Å². The second kappa shape index (κ2) is 15.5. The van der Waals surface area contributed by atoms with Gasteiger partial charge in [-0.25, -0.2) is 0 Å². The van der Waals surface area contributed by atoms with Gasteiger partial charge in [-0.2, -0.15) is 0 Å². The smallest absolute Gasteiger partial charge is 0.247 e. The van der Waals surface area contributed by atoms with Gasteiger partial charge in [0.15, 0.2) is 5.78 Å². The summed E-state index contributed by atoms with van der Waals surface area (Å²) in [5.74, 6) is -1.64. The Morgan fingerprint density at radius 2 is 1.43 bits per heavy atom. The van der Waals surface area contributed by atoms with Crippen molar-refractivity contribution in [3.8, 4) is 0 Å². The highest BCUT2D eigenvalue weighted by molar-refractivity contribution is 6.09. The molecule has 0 aliphatic rings. The van der Waals surface area contributed by atoms with Crippen molar-refractivity contribution >= 4 is 40.1 Å². The molecule has 11 nitrogen and oxygen atoms in total. The van der Waals surface area contributed by atoms with Crippen molar-refractivity contribution in [3.63, 3.8) is 0 Å². The average Bonchev–Trinajstić information content (AvgIpc) is 3.04. The zero-order chi connectivity index (χ0) is 31.5. The van der Waals surface area contributed by atoms with E-state index in [1.807, 2.05) is 30.3 Å². The van der Waals surface area contributed by atoms with E-state index in [4.69, 9.17) is 17.2 Å². The number of para-hydroxylation sites is 1. The molecule has 228 valence electrons. The lowest BCUT2D eigenvalue weighted by molar-refractivity contribution is -0.134. The Labute approximate surface area is 255 Å². The third-order valence-corrected chi connectivity index (χ3v) is 7.06. The van der Waals surface area contributed by atoms with E-state index in [0.29, 0.717) is 22.4 Å². The second-order valence-electron chi connectivity index (χ2n) is 10.3. The quantitative estimate of drug-likeness (QED) is 0.136. The predicted molar refractivity (Wildman–Crippen MR) is 170 cm³/mol. The molecule has 1 heterocycles. The molecule has 0 aliphatic heterocycles. The Hall–Kier alpha value is -4.97. The summed E-state index contributed by atoms with van der Waals surface area (Å²) in [6.45, 7) is 1.07. The van der Waals surface area contributed by atoms with Crippen LogP contribution in [-0.4, -0.2) is 71.7 Å². The highest BCUT2D eigenvalue weighted by atomic mass is 16.2. The van der Waals surface area contributed by atoms with Gasteiger partial charge in [-0.05, 0) is 17.7 Å². The molecule has 4 aromatic rings. The molecule has 0 saturated heterocycles. The fourth-order valence-electron chi connectivity index (χ4n) is 4.72. The fourth-order valence-corrected chi connectivity index (χ4v) is 4.72. The third kappa shape index (κ3) is 8.54. The molecule has 8 N–H and O–H groups in total. The number of hydrogen-bond acceptors (Lipinski definition) is 8. The van der Waals surface area contributed by atoms with Crippen molar-refractivity contribution in [1.82, 2.24) is 15.2 Å². The number of ketones is 1. The van der Waals surface area contributed by atoms with Crippen LogP contribution in [0.3, 0.4) is 0 Å². The lowest BCUT2D eigenvalue weighted by atomic mass is 9.99. The number of aromatic nitrogens is 1. The van der Waals surface area contributed by atoms with Crippen LogP contribution in [0.25, 0.3) is 10.9 Å². The number of carbonyl (C=O) groups is 4. The fraction of sp³-hybridized carbons (Fsp3) is 0.242. The van der Waals surface area contributed by atoms with Crippen LogP contribution in [0.4, 0.5) is 5.69 Å². The number of benzene rings is 3. The topological polar surface area (TPSA) is 187 Å².